The molecule has 1 amide bonds. The van der Waals surface area contributed by atoms with Gasteiger partial charge in [-0.15, -0.1) is 0 Å². The molecule has 2 N–H and O–H groups in total. The van der Waals surface area contributed by atoms with Crippen molar-refractivity contribution in [2.24, 2.45) is 0 Å². The number of rotatable bonds is 9. The van der Waals surface area contributed by atoms with Crippen LogP contribution in [0.3, 0.4) is 0 Å². The van der Waals surface area contributed by atoms with Crippen molar-refractivity contribution in [1.82, 2.24) is 29.5 Å². The number of amides is 1. The van der Waals surface area contributed by atoms with Crippen LogP contribution >= 0.6 is 11.6 Å². The van der Waals surface area contributed by atoms with E-state index < -0.39 is 5.82 Å². The smallest absolute Gasteiger partial charge is 0.255 e. The van der Waals surface area contributed by atoms with Gasteiger partial charge in [0.2, 0.25) is 0 Å². The second-order valence-electron chi connectivity index (χ2n) is 10.1. The van der Waals surface area contributed by atoms with E-state index in [0.717, 1.165) is 26.2 Å². The number of nitrogens with zero attached hydrogens (tertiary/aromatic N) is 5. The molecular weight excluding hydrogens is 533 g/mol. The Morgan fingerprint density at radius 3 is 2.67 bits per heavy atom. The number of benzene rings is 2. The molecule has 3 heterocycles. The lowest BCUT2D eigenvalue weighted by Crippen LogP contribution is -2.50. The van der Waals surface area contributed by atoms with Crippen LogP contribution in [0.4, 0.5) is 15.9 Å². The molecule has 1 aliphatic heterocycles. The van der Waals surface area contributed by atoms with Gasteiger partial charge in [0.15, 0.2) is 23.0 Å². The van der Waals surface area contributed by atoms with Crippen LogP contribution in [0.1, 0.15) is 23.2 Å². The van der Waals surface area contributed by atoms with Crippen LogP contribution < -0.4 is 15.4 Å². The SMILES string of the molecule is COc1ccc(-c2cnc3c(Nc4ccc(C(=O)N5CCN(CCNC6CC6)CC5)c(Cl)c4)nccn23)cc1F. The van der Waals surface area contributed by atoms with E-state index in [1.165, 1.54) is 26.0 Å². The monoisotopic (exact) mass is 563 g/mol. The van der Waals surface area contributed by atoms with Crippen molar-refractivity contribution in [2.45, 2.75) is 18.9 Å². The van der Waals surface area contributed by atoms with Gasteiger partial charge in [-0.2, -0.15) is 0 Å². The van der Waals surface area contributed by atoms with Crippen molar-refractivity contribution in [2.75, 3.05) is 51.7 Å². The number of nitrogens with one attached hydrogen (secondary N) is 2. The molecule has 2 fully saturated rings. The summed E-state index contributed by atoms with van der Waals surface area (Å²) >= 11 is 6.59. The quantitative estimate of drug-likeness (QED) is 0.311. The summed E-state index contributed by atoms with van der Waals surface area (Å²) in [6.45, 7) is 5.10. The highest BCUT2D eigenvalue weighted by Crippen LogP contribution is 2.30. The number of ether oxygens (including phenoxy) is 1. The molecule has 0 atom stereocenters. The average Bonchev–Trinajstić information content (AvgIpc) is 3.69. The minimum atomic E-state index is -0.449. The zero-order valence-electron chi connectivity index (χ0n) is 22.2. The van der Waals surface area contributed by atoms with Crippen LogP contribution in [-0.4, -0.2) is 82.5 Å². The number of fused-ring (bicyclic) bond motifs is 1. The molecule has 40 heavy (non-hydrogen) atoms. The lowest BCUT2D eigenvalue weighted by atomic mass is 10.1. The van der Waals surface area contributed by atoms with Gasteiger partial charge in [0.05, 0.1) is 29.6 Å². The standard InChI is InChI=1S/C29H31ClFN7O2/c1-40-26-7-2-19(16-24(26)31)25-18-34-28-27(33-9-11-38(25)28)35-21-5-6-22(23(30)17-21)29(39)37-14-12-36(13-15-37)10-8-32-20-3-4-20/h2,5-7,9,11,16-18,20,32H,3-4,8,10,12-15H2,1H3,(H,33,35). The van der Waals surface area contributed by atoms with Crippen molar-refractivity contribution in [3.63, 3.8) is 0 Å². The molecular formula is C29H31ClFN7O2. The third-order valence-corrected chi connectivity index (χ3v) is 7.75. The van der Waals surface area contributed by atoms with Crippen molar-refractivity contribution in [3.05, 3.63) is 71.4 Å². The third kappa shape index (κ3) is 5.60. The van der Waals surface area contributed by atoms with Gasteiger partial charge in [-0.1, -0.05) is 11.6 Å². The summed E-state index contributed by atoms with van der Waals surface area (Å²) in [5, 5.41) is 7.17. The van der Waals surface area contributed by atoms with E-state index in [-0.39, 0.29) is 11.7 Å². The van der Waals surface area contributed by atoms with Crippen LogP contribution in [0.5, 0.6) is 5.75 Å². The summed E-state index contributed by atoms with van der Waals surface area (Å²) in [4.78, 5) is 26.4. The summed E-state index contributed by atoms with van der Waals surface area (Å²) in [7, 11) is 1.43. The van der Waals surface area contributed by atoms with E-state index in [1.807, 2.05) is 15.4 Å². The van der Waals surface area contributed by atoms with E-state index in [4.69, 9.17) is 16.3 Å². The summed E-state index contributed by atoms with van der Waals surface area (Å²) in [5.41, 5.74) is 3.09. The van der Waals surface area contributed by atoms with Crippen molar-refractivity contribution in [1.29, 1.82) is 0 Å². The fourth-order valence-electron chi connectivity index (χ4n) is 5.01. The lowest BCUT2D eigenvalue weighted by Gasteiger charge is -2.35. The van der Waals surface area contributed by atoms with E-state index >= 15 is 0 Å². The zero-order chi connectivity index (χ0) is 27.6. The second kappa shape index (κ2) is 11.4. The van der Waals surface area contributed by atoms with Gasteiger partial charge >= 0.3 is 0 Å². The molecule has 4 aromatic rings. The minimum absolute atomic E-state index is 0.0582. The number of aromatic nitrogens is 3. The molecule has 0 spiro atoms. The molecule has 2 aromatic heterocycles. The highest BCUT2D eigenvalue weighted by atomic mass is 35.5. The maximum absolute atomic E-state index is 14.3. The first-order valence-corrected chi connectivity index (χ1v) is 13.9. The van der Waals surface area contributed by atoms with Crippen molar-refractivity contribution >= 4 is 34.7 Å². The normalized spacial score (nSPS) is 15.9. The molecule has 1 saturated heterocycles. The zero-order valence-corrected chi connectivity index (χ0v) is 23.0. The van der Waals surface area contributed by atoms with Gasteiger partial charge in [-0.25, -0.2) is 14.4 Å². The van der Waals surface area contributed by atoms with Crippen LogP contribution in [0, 0.1) is 5.82 Å². The Kier molecular flexibility index (Phi) is 7.55. The van der Waals surface area contributed by atoms with Gasteiger partial charge in [-0.3, -0.25) is 14.1 Å². The average molecular weight is 564 g/mol. The van der Waals surface area contributed by atoms with E-state index in [9.17, 15) is 9.18 Å². The Hall–Kier alpha value is -3.73. The largest absolute Gasteiger partial charge is 0.494 e. The van der Waals surface area contributed by atoms with Crippen LogP contribution in [0.2, 0.25) is 5.02 Å². The number of piperazine rings is 1. The Bertz CT molecular complexity index is 1530. The predicted octanol–water partition coefficient (Wildman–Crippen LogP) is 4.45. The molecule has 2 aliphatic rings. The fraction of sp³-hybridized carbons (Fsp3) is 0.345. The molecule has 1 aliphatic carbocycles. The third-order valence-electron chi connectivity index (χ3n) is 7.44. The first-order valence-electron chi connectivity index (χ1n) is 13.5. The number of carbonyl (C=O) groups is 1. The molecule has 0 bridgehead atoms. The fourth-order valence-corrected chi connectivity index (χ4v) is 5.27. The van der Waals surface area contributed by atoms with Gasteiger partial charge in [0.1, 0.15) is 0 Å². The van der Waals surface area contributed by atoms with Gasteiger partial charge in [-0.05, 0) is 49.2 Å². The maximum atomic E-state index is 14.3. The molecule has 11 heteroatoms. The number of imidazole rings is 1. The number of carbonyl (C=O) groups excluding carboxylic acids is 1. The Morgan fingerprint density at radius 2 is 1.95 bits per heavy atom. The molecule has 9 nitrogen and oxygen atoms in total. The number of hydrogen-bond acceptors (Lipinski definition) is 7. The summed E-state index contributed by atoms with van der Waals surface area (Å²) in [5.74, 6) is 0.177. The van der Waals surface area contributed by atoms with E-state index in [2.05, 4.69) is 25.5 Å². The molecule has 2 aromatic carbocycles. The molecule has 208 valence electrons. The summed E-state index contributed by atoms with van der Waals surface area (Å²) in [6, 6.07) is 10.8. The Morgan fingerprint density at radius 1 is 1.12 bits per heavy atom. The topological polar surface area (TPSA) is 87.0 Å². The molecule has 1 saturated carbocycles. The van der Waals surface area contributed by atoms with Gasteiger partial charge < -0.3 is 20.3 Å². The van der Waals surface area contributed by atoms with Gasteiger partial charge in [0.25, 0.3) is 5.91 Å². The maximum Gasteiger partial charge on any atom is 0.255 e. The lowest BCUT2D eigenvalue weighted by molar-refractivity contribution is 0.0638. The first kappa shape index (κ1) is 26.5. The number of methoxy groups -OCH3 is 1. The molecule has 6 rings (SSSR count). The van der Waals surface area contributed by atoms with Gasteiger partial charge in [0, 0.05) is 69.0 Å². The number of anilines is 2. The van der Waals surface area contributed by atoms with E-state index in [1.54, 1.807) is 42.9 Å². The van der Waals surface area contributed by atoms with Crippen LogP contribution in [-0.2, 0) is 0 Å². The highest BCUT2D eigenvalue weighted by Gasteiger charge is 2.25. The summed E-state index contributed by atoms with van der Waals surface area (Å²) < 4.78 is 21.2. The number of hydrogen-bond donors (Lipinski definition) is 2. The Balaban J connectivity index is 1.13. The van der Waals surface area contributed by atoms with Crippen LogP contribution in [0.25, 0.3) is 16.9 Å². The van der Waals surface area contributed by atoms with Crippen LogP contribution in [0.15, 0.2) is 55.0 Å². The predicted molar refractivity (Wildman–Crippen MR) is 153 cm³/mol. The first-order chi connectivity index (χ1) is 19.5. The van der Waals surface area contributed by atoms with Crippen molar-refractivity contribution < 1.29 is 13.9 Å². The minimum Gasteiger partial charge on any atom is -0.494 e. The highest BCUT2D eigenvalue weighted by molar-refractivity contribution is 6.34. The second-order valence-corrected chi connectivity index (χ2v) is 10.6. The van der Waals surface area contributed by atoms with E-state index in [0.29, 0.717) is 58.1 Å². The molecule has 0 radical (unpaired) electrons. The number of halogens is 2. The Labute approximate surface area is 236 Å². The molecule has 0 unspecified atom stereocenters. The van der Waals surface area contributed by atoms with Crippen molar-refractivity contribution in [3.8, 4) is 17.0 Å². The summed E-state index contributed by atoms with van der Waals surface area (Å²) in [6.07, 6.45) is 7.66.